The highest BCUT2D eigenvalue weighted by Crippen LogP contribution is 2.39. The van der Waals surface area contributed by atoms with Gasteiger partial charge in [-0.1, -0.05) is 19.1 Å². The summed E-state index contributed by atoms with van der Waals surface area (Å²) in [5, 5.41) is 3.01. The van der Waals surface area contributed by atoms with Crippen LogP contribution in [-0.4, -0.2) is 24.1 Å². The standard InChI is InChI=1S/C21H27N3O2/c1-5-15-6-9-17(10-7-15)23-20(25)14(2)24-13-21(3,4)26-19-12-16(22)8-11-18(19)24/h6-12,14H,5,13,22H2,1-4H3,(H,23,25). The number of hydrogen-bond acceptors (Lipinski definition) is 4. The average Bonchev–Trinajstić information content (AvgIpc) is 2.59. The molecular weight excluding hydrogens is 326 g/mol. The molecule has 1 atom stereocenters. The van der Waals surface area contributed by atoms with Crippen molar-refractivity contribution < 1.29 is 9.53 Å². The molecule has 0 saturated carbocycles. The largest absolute Gasteiger partial charge is 0.484 e. The van der Waals surface area contributed by atoms with Gasteiger partial charge in [0.25, 0.3) is 0 Å². The monoisotopic (exact) mass is 353 g/mol. The highest BCUT2D eigenvalue weighted by atomic mass is 16.5. The van der Waals surface area contributed by atoms with Crippen LogP contribution in [0.5, 0.6) is 5.75 Å². The number of nitrogens with one attached hydrogen (secondary N) is 1. The quantitative estimate of drug-likeness (QED) is 0.820. The van der Waals surface area contributed by atoms with E-state index in [4.69, 9.17) is 10.5 Å². The maximum Gasteiger partial charge on any atom is 0.246 e. The molecule has 2 aromatic rings. The molecule has 26 heavy (non-hydrogen) atoms. The molecule has 0 aliphatic carbocycles. The molecule has 3 N–H and O–H groups in total. The maximum atomic E-state index is 12.8. The highest BCUT2D eigenvalue weighted by Gasteiger charge is 2.36. The van der Waals surface area contributed by atoms with Crippen LogP contribution < -0.4 is 20.7 Å². The molecule has 5 nitrogen and oxygen atoms in total. The van der Waals surface area contributed by atoms with Gasteiger partial charge in [-0.15, -0.1) is 0 Å². The smallest absolute Gasteiger partial charge is 0.246 e. The van der Waals surface area contributed by atoms with Crippen LogP contribution in [0.25, 0.3) is 0 Å². The lowest BCUT2D eigenvalue weighted by Crippen LogP contribution is -2.53. The molecule has 1 unspecified atom stereocenters. The topological polar surface area (TPSA) is 67.6 Å². The summed E-state index contributed by atoms with van der Waals surface area (Å²) in [6.07, 6.45) is 0.980. The summed E-state index contributed by atoms with van der Waals surface area (Å²) in [6.45, 7) is 8.67. The summed E-state index contributed by atoms with van der Waals surface area (Å²) in [6, 6.07) is 13.2. The van der Waals surface area contributed by atoms with Crippen LogP contribution in [0.2, 0.25) is 0 Å². The van der Waals surface area contributed by atoms with E-state index in [9.17, 15) is 4.79 Å². The summed E-state index contributed by atoms with van der Waals surface area (Å²) >= 11 is 0. The number of amides is 1. The molecule has 0 spiro atoms. The maximum absolute atomic E-state index is 12.8. The minimum atomic E-state index is -0.405. The molecule has 0 radical (unpaired) electrons. The van der Waals surface area contributed by atoms with Crippen molar-refractivity contribution in [1.29, 1.82) is 0 Å². The van der Waals surface area contributed by atoms with Gasteiger partial charge in [-0.3, -0.25) is 4.79 Å². The molecular formula is C21H27N3O2. The number of fused-ring (bicyclic) bond motifs is 1. The molecule has 138 valence electrons. The third-order valence-electron chi connectivity index (χ3n) is 4.71. The van der Waals surface area contributed by atoms with Crippen molar-refractivity contribution >= 4 is 23.0 Å². The molecule has 0 saturated heterocycles. The van der Waals surface area contributed by atoms with Gasteiger partial charge in [-0.05, 0) is 57.0 Å². The van der Waals surface area contributed by atoms with Crippen molar-refractivity contribution in [3.63, 3.8) is 0 Å². The van der Waals surface area contributed by atoms with Gasteiger partial charge in [0.1, 0.15) is 17.4 Å². The van der Waals surface area contributed by atoms with Gasteiger partial charge in [0, 0.05) is 17.4 Å². The second-order valence-electron chi connectivity index (χ2n) is 7.43. The second kappa shape index (κ2) is 6.90. The Morgan fingerprint density at radius 2 is 1.96 bits per heavy atom. The molecule has 0 fully saturated rings. The molecule has 1 aliphatic rings. The molecule has 3 rings (SSSR count). The van der Waals surface area contributed by atoms with Gasteiger partial charge in [-0.25, -0.2) is 0 Å². The minimum Gasteiger partial charge on any atom is -0.484 e. The Labute approximate surface area is 155 Å². The summed E-state index contributed by atoms with van der Waals surface area (Å²) < 4.78 is 6.05. The first-order chi connectivity index (χ1) is 12.3. The zero-order valence-electron chi connectivity index (χ0n) is 15.9. The van der Waals surface area contributed by atoms with E-state index in [1.54, 1.807) is 0 Å². The van der Waals surface area contributed by atoms with Crippen LogP contribution >= 0.6 is 0 Å². The van der Waals surface area contributed by atoms with Crippen molar-refractivity contribution in [2.75, 3.05) is 22.5 Å². The van der Waals surface area contributed by atoms with Crippen molar-refractivity contribution in [1.82, 2.24) is 0 Å². The van der Waals surface area contributed by atoms with Gasteiger partial charge in [0.15, 0.2) is 0 Å². The number of aryl methyl sites for hydroxylation is 1. The Hall–Kier alpha value is -2.69. The van der Waals surface area contributed by atoms with Crippen molar-refractivity contribution in [3.8, 4) is 5.75 Å². The minimum absolute atomic E-state index is 0.0466. The van der Waals surface area contributed by atoms with Gasteiger partial charge in [0.2, 0.25) is 5.91 Å². The van der Waals surface area contributed by atoms with E-state index < -0.39 is 5.60 Å². The van der Waals surface area contributed by atoms with Gasteiger partial charge < -0.3 is 20.7 Å². The Morgan fingerprint density at radius 3 is 2.62 bits per heavy atom. The van der Waals surface area contributed by atoms with Crippen LogP contribution in [0.4, 0.5) is 17.1 Å². The molecule has 0 bridgehead atoms. The van der Waals surface area contributed by atoms with Crippen molar-refractivity contribution in [3.05, 3.63) is 48.0 Å². The molecule has 1 heterocycles. The third kappa shape index (κ3) is 3.77. The number of nitrogen functional groups attached to an aromatic ring is 1. The Bertz CT molecular complexity index is 799. The van der Waals surface area contributed by atoms with Gasteiger partial charge in [0.05, 0.1) is 12.2 Å². The van der Waals surface area contributed by atoms with E-state index in [-0.39, 0.29) is 11.9 Å². The molecule has 1 amide bonds. The zero-order valence-corrected chi connectivity index (χ0v) is 15.9. The Kier molecular flexibility index (Phi) is 4.81. The third-order valence-corrected chi connectivity index (χ3v) is 4.71. The number of carbonyl (C=O) groups is 1. The molecule has 0 aromatic heterocycles. The van der Waals surface area contributed by atoms with E-state index in [0.717, 1.165) is 17.8 Å². The summed E-state index contributed by atoms with van der Waals surface area (Å²) in [5.41, 5.74) is 9.09. The number of ether oxygens (including phenoxy) is 1. The molecule has 5 heteroatoms. The highest BCUT2D eigenvalue weighted by molar-refractivity contribution is 5.97. The summed E-state index contributed by atoms with van der Waals surface area (Å²) in [7, 11) is 0. The fraction of sp³-hybridized carbons (Fsp3) is 0.381. The molecule has 1 aliphatic heterocycles. The first-order valence-electron chi connectivity index (χ1n) is 9.04. The average molecular weight is 353 g/mol. The van der Waals surface area contributed by atoms with Crippen LogP contribution in [0, 0.1) is 0 Å². The van der Waals surface area contributed by atoms with E-state index >= 15 is 0 Å². The van der Waals surface area contributed by atoms with Crippen LogP contribution in [0.3, 0.4) is 0 Å². The lowest BCUT2D eigenvalue weighted by atomic mass is 10.0. The van der Waals surface area contributed by atoms with Crippen LogP contribution in [0.15, 0.2) is 42.5 Å². The van der Waals surface area contributed by atoms with E-state index in [0.29, 0.717) is 18.0 Å². The first kappa shape index (κ1) is 18.1. The van der Waals surface area contributed by atoms with Crippen molar-refractivity contribution in [2.24, 2.45) is 0 Å². The SMILES string of the molecule is CCc1ccc(NC(=O)C(C)N2CC(C)(C)Oc3cc(N)ccc32)cc1. The predicted octanol–water partition coefficient (Wildman–Crippen LogP) is 3.84. The first-order valence-corrected chi connectivity index (χ1v) is 9.04. The number of nitrogens with zero attached hydrogens (tertiary/aromatic N) is 1. The number of carbonyl (C=O) groups excluding carboxylic acids is 1. The summed E-state index contributed by atoms with van der Waals surface area (Å²) in [4.78, 5) is 14.9. The lowest BCUT2D eigenvalue weighted by Gasteiger charge is -2.43. The Morgan fingerprint density at radius 1 is 1.27 bits per heavy atom. The van der Waals surface area contributed by atoms with Crippen LogP contribution in [-0.2, 0) is 11.2 Å². The van der Waals surface area contributed by atoms with E-state index in [1.165, 1.54) is 5.56 Å². The predicted molar refractivity (Wildman–Crippen MR) is 107 cm³/mol. The second-order valence-corrected chi connectivity index (χ2v) is 7.43. The number of benzene rings is 2. The van der Waals surface area contributed by atoms with E-state index in [1.807, 2.05) is 63.2 Å². The van der Waals surface area contributed by atoms with Crippen LogP contribution in [0.1, 0.15) is 33.3 Å². The van der Waals surface area contributed by atoms with E-state index in [2.05, 4.69) is 17.1 Å². The Balaban J connectivity index is 1.81. The zero-order chi connectivity index (χ0) is 18.9. The number of hydrogen-bond donors (Lipinski definition) is 2. The number of anilines is 3. The molecule has 2 aromatic carbocycles. The normalized spacial score (nSPS) is 16.4. The van der Waals surface area contributed by atoms with Gasteiger partial charge >= 0.3 is 0 Å². The van der Waals surface area contributed by atoms with Crippen molar-refractivity contribution in [2.45, 2.75) is 45.8 Å². The number of rotatable bonds is 4. The fourth-order valence-corrected chi connectivity index (χ4v) is 3.23. The summed E-state index contributed by atoms with van der Waals surface area (Å²) in [5.74, 6) is 0.669. The lowest BCUT2D eigenvalue weighted by molar-refractivity contribution is -0.117. The fourth-order valence-electron chi connectivity index (χ4n) is 3.23. The number of nitrogens with two attached hydrogens (primary N) is 1. The van der Waals surface area contributed by atoms with Gasteiger partial charge in [-0.2, -0.15) is 0 Å².